The van der Waals surface area contributed by atoms with Crippen molar-refractivity contribution in [1.82, 2.24) is 5.32 Å². The van der Waals surface area contributed by atoms with Gasteiger partial charge in [-0.3, -0.25) is 9.10 Å². The van der Waals surface area contributed by atoms with E-state index in [1.54, 1.807) is 19.1 Å². The summed E-state index contributed by atoms with van der Waals surface area (Å²) >= 11 is 0. The van der Waals surface area contributed by atoms with Gasteiger partial charge in [-0.25, -0.2) is 8.42 Å². The van der Waals surface area contributed by atoms with Crippen LogP contribution in [-0.2, 0) is 14.8 Å². The smallest absolute Gasteiger partial charge is 0.243 e. The van der Waals surface area contributed by atoms with Crippen LogP contribution in [0.3, 0.4) is 0 Å². The number of nitrogens with one attached hydrogen (secondary N) is 1. The van der Waals surface area contributed by atoms with Crippen molar-refractivity contribution in [1.29, 1.82) is 0 Å². The molecule has 0 aromatic heterocycles. The van der Waals surface area contributed by atoms with Crippen molar-refractivity contribution in [3.05, 3.63) is 48.5 Å². The van der Waals surface area contributed by atoms with Gasteiger partial charge in [0.1, 0.15) is 6.04 Å². The number of nitrogens with zero attached hydrogens (tertiary/aromatic N) is 2. The molecule has 1 N–H and O–H groups in total. The number of hydrogen-bond donors (Lipinski definition) is 1. The molecule has 1 amide bonds. The average molecular weight is 436 g/mol. The first-order valence-electron chi connectivity index (χ1n) is 9.44. The maximum atomic E-state index is 12.7. The van der Waals surface area contributed by atoms with Gasteiger partial charge in [-0.05, 0) is 31.2 Å². The third kappa shape index (κ3) is 5.79. The number of ether oxygens (including phenoxy) is 2. The van der Waals surface area contributed by atoms with Crippen molar-refractivity contribution in [3.8, 4) is 11.5 Å². The van der Waals surface area contributed by atoms with E-state index in [1.165, 1.54) is 20.3 Å². The number of methoxy groups -OCH3 is 2. The number of hydrogen-bond acceptors (Lipinski definition) is 6. The molecule has 0 saturated heterocycles. The fourth-order valence-electron chi connectivity index (χ4n) is 3.08. The zero-order valence-corrected chi connectivity index (χ0v) is 18.8. The molecule has 0 fully saturated rings. The van der Waals surface area contributed by atoms with Crippen LogP contribution in [0.15, 0.2) is 48.5 Å². The minimum Gasteiger partial charge on any atom is -0.493 e. The lowest BCUT2D eigenvalue weighted by Gasteiger charge is -2.29. The number of para-hydroxylation sites is 1. The van der Waals surface area contributed by atoms with Crippen LogP contribution in [0, 0.1) is 0 Å². The van der Waals surface area contributed by atoms with E-state index in [2.05, 4.69) is 5.32 Å². The minimum absolute atomic E-state index is 0.319. The lowest BCUT2D eigenvalue weighted by molar-refractivity contribution is -0.121. The number of benzene rings is 2. The third-order valence-electron chi connectivity index (χ3n) is 4.65. The van der Waals surface area contributed by atoms with Gasteiger partial charge < -0.3 is 19.7 Å². The minimum atomic E-state index is -3.73. The van der Waals surface area contributed by atoms with Crippen molar-refractivity contribution >= 4 is 27.3 Å². The fourth-order valence-corrected chi connectivity index (χ4v) is 4.24. The van der Waals surface area contributed by atoms with E-state index >= 15 is 0 Å². The van der Waals surface area contributed by atoms with E-state index in [1.807, 2.05) is 42.3 Å². The topological polar surface area (TPSA) is 88.2 Å². The average Bonchev–Trinajstić information content (AvgIpc) is 2.73. The highest BCUT2D eigenvalue weighted by Gasteiger charge is 2.29. The van der Waals surface area contributed by atoms with Crippen LogP contribution in [0.1, 0.15) is 6.92 Å². The fraction of sp³-hybridized carbons (Fsp3) is 0.381. The summed E-state index contributed by atoms with van der Waals surface area (Å²) in [5.74, 6) is 0.452. The van der Waals surface area contributed by atoms with Gasteiger partial charge >= 0.3 is 0 Å². The Morgan fingerprint density at radius 2 is 1.67 bits per heavy atom. The molecule has 164 valence electrons. The van der Waals surface area contributed by atoms with Gasteiger partial charge in [0.2, 0.25) is 15.9 Å². The first-order valence-corrected chi connectivity index (χ1v) is 11.3. The Kier molecular flexibility index (Phi) is 7.93. The van der Waals surface area contributed by atoms with Gasteiger partial charge in [0, 0.05) is 31.9 Å². The zero-order chi connectivity index (χ0) is 22.3. The van der Waals surface area contributed by atoms with Crippen LogP contribution in [0.2, 0.25) is 0 Å². The molecule has 0 aliphatic heterocycles. The van der Waals surface area contributed by atoms with Crippen molar-refractivity contribution < 1.29 is 22.7 Å². The summed E-state index contributed by atoms with van der Waals surface area (Å²) in [7, 11) is 1.16. The number of likely N-dealkylation sites (N-methyl/N-ethyl adjacent to an activating group) is 1. The molecule has 0 heterocycles. The SMILES string of the molecule is COc1ccc(N([C@H](C)C(=O)NCCN(C)c2ccccc2)S(C)(=O)=O)cc1OC. The number of amides is 1. The highest BCUT2D eigenvalue weighted by atomic mass is 32.2. The summed E-state index contributed by atoms with van der Waals surface area (Å²) in [4.78, 5) is 14.7. The van der Waals surface area contributed by atoms with Crippen molar-refractivity contribution in [2.24, 2.45) is 0 Å². The molecule has 0 saturated carbocycles. The summed E-state index contributed by atoms with van der Waals surface area (Å²) in [6.45, 7) is 2.50. The third-order valence-corrected chi connectivity index (χ3v) is 5.90. The molecule has 0 aliphatic carbocycles. The van der Waals surface area contributed by atoms with E-state index in [4.69, 9.17) is 9.47 Å². The number of carbonyl (C=O) groups is 1. The molecule has 0 radical (unpaired) electrons. The standard InChI is InChI=1S/C21H29N3O5S/c1-16(21(25)22-13-14-23(2)17-9-7-6-8-10-17)24(30(5,26)27)18-11-12-19(28-3)20(15-18)29-4/h6-12,15-16H,13-14H2,1-5H3,(H,22,25)/t16-/m1/s1. The number of sulfonamides is 1. The molecule has 0 spiro atoms. The monoisotopic (exact) mass is 435 g/mol. The van der Waals surface area contributed by atoms with Crippen LogP contribution in [-0.4, -0.2) is 61.0 Å². The van der Waals surface area contributed by atoms with E-state index in [9.17, 15) is 13.2 Å². The van der Waals surface area contributed by atoms with Gasteiger partial charge in [0.25, 0.3) is 0 Å². The number of carbonyl (C=O) groups excluding carboxylic acids is 1. The molecule has 30 heavy (non-hydrogen) atoms. The molecule has 2 aromatic carbocycles. The number of rotatable bonds is 10. The largest absolute Gasteiger partial charge is 0.493 e. The normalized spacial score (nSPS) is 12.0. The molecule has 1 atom stereocenters. The van der Waals surface area contributed by atoms with Gasteiger partial charge in [0.15, 0.2) is 11.5 Å². The summed E-state index contributed by atoms with van der Waals surface area (Å²) in [6.07, 6.45) is 1.07. The predicted octanol–water partition coefficient (Wildman–Crippen LogP) is 2.11. The molecule has 2 aromatic rings. The molecule has 8 nitrogen and oxygen atoms in total. The van der Waals surface area contributed by atoms with E-state index in [0.717, 1.165) is 16.2 Å². The first-order chi connectivity index (χ1) is 14.2. The highest BCUT2D eigenvalue weighted by molar-refractivity contribution is 7.92. The Labute approximate surface area is 178 Å². The van der Waals surface area contributed by atoms with Crippen LogP contribution < -0.4 is 24.0 Å². The predicted molar refractivity (Wildman–Crippen MR) is 119 cm³/mol. The van der Waals surface area contributed by atoms with E-state index in [0.29, 0.717) is 30.3 Å². The molecular formula is C21H29N3O5S. The maximum Gasteiger partial charge on any atom is 0.243 e. The van der Waals surface area contributed by atoms with Crippen LogP contribution in [0.5, 0.6) is 11.5 Å². The van der Waals surface area contributed by atoms with Crippen molar-refractivity contribution in [2.45, 2.75) is 13.0 Å². The second-order valence-corrected chi connectivity index (χ2v) is 8.68. The Balaban J connectivity index is 2.11. The maximum absolute atomic E-state index is 12.7. The summed E-state index contributed by atoms with van der Waals surface area (Å²) in [6, 6.07) is 13.6. The van der Waals surface area contributed by atoms with Crippen molar-refractivity contribution in [2.75, 3.05) is 49.8 Å². The van der Waals surface area contributed by atoms with E-state index < -0.39 is 22.0 Å². The Bertz CT molecular complexity index is 950. The lowest BCUT2D eigenvalue weighted by atomic mass is 10.2. The lowest BCUT2D eigenvalue weighted by Crippen LogP contribution is -2.49. The van der Waals surface area contributed by atoms with Gasteiger partial charge in [-0.1, -0.05) is 18.2 Å². The van der Waals surface area contributed by atoms with Crippen molar-refractivity contribution in [3.63, 3.8) is 0 Å². The first kappa shape index (κ1) is 23.3. The molecule has 0 aliphatic rings. The zero-order valence-electron chi connectivity index (χ0n) is 18.0. The number of anilines is 2. The van der Waals surface area contributed by atoms with Crippen LogP contribution in [0.4, 0.5) is 11.4 Å². The summed E-state index contributed by atoms with van der Waals surface area (Å²) < 4.78 is 36.5. The molecular weight excluding hydrogens is 406 g/mol. The Morgan fingerprint density at radius 3 is 2.23 bits per heavy atom. The Hall–Kier alpha value is -2.94. The highest BCUT2D eigenvalue weighted by Crippen LogP contribution is 2.33. The molecule has 9 heteroatoms. The van der Waals surface area contributed by atoms with E-state index in [-0.39, 0.29) is 0 Å². The Morgan fingerprint density at radius 1 is 1.03 bits per heavy atom. The quantitative estimate of drug-likeness (QED) is 0.615. The van der Waals surface area contributed by atoms with Gasteiger partial charge in [0.05, 0.1) is 26.2 Å². The molecule has 2 rings (SSSR count). The van der Waals surface area contributed by atoms with Crippen LogP contribution >= 0.6 is 0 Å². The second kappa shape index (κ2) is 10.2. The van der Waals surface area contributed by atoms with Gasteiger partial charge in [-0.15, -0.1) is 0 Å². The summed E-state index contributed by atoms with van der Waals surface area (Å²) in [5, 5.41) is 2.81. The second-order valence-electron chi connectivity index (χ2n) is 6.82. The molecule has 0 bridgehead atoms. The molecule has 0 unspecified atom stereocenters. The van der Waals surface area contributed by atoms with Gasteiger partial charge in [-0.2, -0.15) is 0 Å². The summed E-state index contributed by atoms with van der Waals surface area (Å²) in [5.41, 5.74) is 1.35. The van der Waals surface area contributed by atoms with Crippen LogP contribution in [0.25, 0.3) is 0 Å².